The number of carboxylic acid groups (broad SMARTS) is 1. The molecule has 0 bridgehead atoms. The molecule has 26 heavy (non-hydrogen) atoms. The number of carbonyl (C=O) groups is 4. The Morgan fingerprint density at radius 2 is 1.77 bits per heavy atom. The van der Waals surface area contributed by atoms with Crippen molar-refractivity contribution in [3.63, 3.8) is 0 Å². The predicted molar refractivity (Wildman–Crippen MR) is 91.8 cm³/mol. The molecule has 148 valence electrons. The highest BCUT2D eigenvalue weighted by atomic mass is 16.4. The Balaban J connectivity index is 2.90. The number of amides is 3. The molecule has 1 aliphatic heterocycles. The Kier molecular flexibility index (Phi) is 7.97. The maximum atomic E-state index is 12.8. The molecule has 0 radical (unpaired) electrons. The van der Waals surface area contributed by atoms with Gasteiger partial charge in [-0.2, -0.15) is 0 Å². The fourth-order valence-corrected chi connectivity index (χ4v) is 2.87. The minimum absolute atomic E-state index is 0.216. The number of nitrogens with one attached hydrogen (secondary N) is 2. The smallest absolute Gasteiger partial charge is 0.328 e. The number of rotatable bonds is 8. The van der Waals surface area contributed by atoms with Crippen molar-refractivity contribution < 1.29 is 29.4 Å². The van der Waals surface area contributed by atoms with E-state index in [-0.39, 0.29) is 12.5 Å². The van der Waals surface area contributed by atoms with Crippen LogP contribution in [0.3, 0.4) is 0 Å². The lowest BCUT2D eigenvalue weighted by Gasteiger charge is -2.31. The third-order valence-electron chi connectivity index (χ3n) is 4.32. The summed E-state index contributed by atoms with van der Waals surface area (Å²) in [6.45, 7) is 4.85. The van der Waals surface area contributed by atoms with E-state index in [9.17, 15) is 24.3 Å². The number of hydrogen-bond acceptors (Lipinski definition) is 6. The monoisotopic (exact) mass is 372 g/mol. The summed E-state index contributed by atoms with van der Waals surface area (Å²) < 4.78 is 0. The van der Waals surface area contributed by atoms with Crippen LogP contribution < -0.4 is 16.4 Å². The normalized spacial score (nSPS) is 20.4. The molecular weight excluding hydrogens is 344 g/mol. The second kappa shape index (κ2) is 9.48. The van der Waals surface area contributed by atoms with Gasteiger partial charge in [-0.05, 0) is 25.7 Å². The molecule has 10 nitrogen and oxygen atoms in total. The number of carbonyl (C=O) groups excluding carboxylic acids is 3. The third kappa shape index (κ3) is 5.40. The summed E-state index contributed by atoms with van der Waals surface area (Å²) in [6, 6.07) is -3.14. The minimum Gasteiger partial charge on any atom is -0.480 e. The lowest BCUT2D eigenvalue weighted by atomic mass is 10.0. The van der Waals surface area contributed by atoms with E-state index in [1.807, 2.05) is 0 Å². The molecule has 10 heteroatoms. The highest BCUT2D eigenvalue weighted by Crippen LogP contribution is 2.20. The van der Waals surface area contributed by atoms with Gasteiger partial charge < -0.3 is 31.5 Å². The van der Waals surface area contributed by atoms with Crippen LogP contribution in [0.2, 0.25) is 0 Å². The Morgan fingerprint density at radius 3 is 2.23 bits per heavy atom. The molecule has 0 saturated carbocycles. The van der Waals surface area contributed by atoms with Crippen molar-refractivity contribution in [2.45, 2.75) is 57.8 Å². The van der Waals surface area contributed by atoms with Gasteiger partial charge in [-0.25, -0.2) is 4.79 Å². The fourth-order valence-electron chi connectivity index (χ4n) is 2.87. The van der Waals surface area contributed by atoms with Crippen molar-refractivity contribution in [2.24, 2.45) is 11.7 Å². The molecule has 0 aromatic heterocycles. The molecule has 0 spiro atoms. The van der Waals surface area contributed by atoms with E-state index in [1.54, 1.807) is 13.8 Å². The number of aliphatic carboxylic acids is 1. The Morgan fingerprint density at radius 1 is 1.15 bits per heavy atom. The zero-order valence-corrected chi connectivity index (χ0v) is 15.3. The van der Waals surface area contributed by atoms with E-state index in [4.69, 9.17) is 10.8 Å². The first-order chi connectivity index (χ1) is 12.1. The molecule has 4 unspecified atom stereocenters. The van der Waals surface area contributed by atoms with Gasteiger partial charge in [0.25, 0.3) is 0 Å². The molecule has 3 amide bonds. The highest BCUT2D eigenvalue weighted by molar-refractivity contribution is 5.94. The van der Waals surface area contributed by atoms with E-state index in [0.717, 1.165) is 0 Å². The number of likely N-dealkylation sites (tertiary alicyclic amines) is 1. The van der Waals surface area contributed by atoms with Gasteiger partial charge in [0.05, 0.1) is 12.6 Å². The number of carboxylic acids is 1. The average molecular weight is 372 g/mol. The Hall–Kier alpha value is -2.20. The summed E-state index contributed by atoms with van der Waals surface area (Å²) >= 11 is 0. The number of nitrogens with two attached hydrogens (primary N) is 1. The van der Waals surface area contributed by atoms with Crippen LogP contribution in [-0.4, -0.2) is 76.1 Å². The second-order valence-electron chi connectivity index (χ2n) is 6.75. The number of nitrogens with zero attached hydrogens (tertiary/aromatic N) is 1. The third-order valence-corrected chi connectivity index (χ3v) is 4.32. The molecule has 1 heterocycles. The van der Waals surface area contributed by atoms with E-state index in [0.29, 0.717) is 19.4 Å². The first-order valence-corrected chi connectivity index (χ1v) is 8.61. The van der Waals surface area contributed by atoms with Crippen molar-refractivity contribution in [3.8, 4) is 0 Å². The second-order valence-corrected chi connectivity index (χ2v) is 6.75. The zero-order valence-electron chi connectivity index (χ0n) is 15.3. The number of aliphatic hydroxyl groups excluding tert-OH is 1. The Bertz CT molecular complexity index is 551. The fraction of sp³-hybridized carbons (Fsp3) is 0.750. The van der Waals surface area contributed by atoms with Crippen molar-refractivity contribution in [1.82, 2.24) is 15.5 Å². The van der Waals surface area contributed by atoms with Gasteiger partial charge in [-0.1, -0.05) is 13.8 Å². The topological polar surface area (TPSA) is 162 Å². The summed E-state index contributed by atoms with van der Waals surface area (Å²) in [6.07, 6.45) is -0.333. The van der Waals surface area contributed by atoms with E-state index in [2.05, 4.69) is 10.6 Å². The molecule has 4 atom stereocenters. The van der Waals surface area contributed by atoms with Crippen LogP contribution in [0.1, 0.15) is 33.6 Å². The van der Waals surface area contributed by atoms with Crippen molar-refractivity contribution in [1.29, 1.82) is 0 Å². The van der Waals surface area contributed by atoms with Crippen molar-refractivity contribution in [3.05, 3.63) is 0 Å². The minimum atomic E-state index is -1.46. The average Bonchev–Trinajstić information content (AvgIpc) is 3.05. The first-order valence-electron chi connectivity index (χ1n) is 8.61. The molecule has 1 fully saturated rings. The van der Waals surface area contributed by atoms with E-state index >= 15 is 0 Å². The standard InChI is InChI=1S/C16H28N4O6/c1-8(2)12(18-11(22)7-17)15(24)20-6-4-5-10(20)14(23)19-13(9(3)21)16(25)26/h8-10,12-13,21H,4-7,17H2,1-3H3,(H,18,22)(H,19,23)(H,25,26). The number of hydrogen-bond donors (Lipinski definition) is 5. The predicted octanol–water partition coefficient (Wildman–Crippen LogP) is -1.97. The quantitative estimate of drug-likeness (QED) is 0.330. The van der Waals surface area contributed by atoms with E-state index in [1.165, 1.54) is 11.8 Å². The van der Waals surface area contributed by atoms with Gasteiger partial charge in [-0.15, -0.1) is 0 Å². The molecule has 1 saturated heterocycles. The summed E-state index contributed by atoms with van der Waals surface area (Å²) in [5, 5.41) is 23.4. The number of aliphatic hydroxyl groups is 1. The maximum absolute atomic E-state index is 12.8. The molecule has 1 rings (SSSR count). The van der Waals surface area contributed by atoms with Crippen LogP contribution in [0, 0.1) is 5.92 Å². The lowest BCUT2D eigenvalue weighted by Crippen LogP contribution is -2.58. The summed E-state index contributed by atoms with van der Waals surface area (Å²) in [4.78, 5) is 49.4. The summed E-state index contributed by atoms with van der Waals surface area (Å²) in [5.41, 5.74) is 5.28. The lowest BCUT2D eigenvalue weighted by molar-refractivity contribution is -0.147. The van der Waals surface area contributed by atoms with Crippen molar-refractivity contribution >= 4 is 23.7 Å². The van der Waals surface area contributed by atoms with Gasteiger partial charge >= 0.3 is 5.97 Å². The molecule has 1 aliphatic rings. The van der Waals surface area contributed by atoms with Crippen LogP contribution in [0.15, 0.2) is 0 Å². The first kappa shape index (κ1) is 21.8. The summed E-state index contributed by atoms with van der Waals surface area (Å²) in [7, 11) is 0. The molecule has 6 N–H and O–H groups in total. The molecular formula is C16H28N4O6. The highest BCUT2D eigenvalue weighted by Gasteiger charge is 2.40. The van der Waals surface area contributed by atoms with Crippen LogP contribution in [0.25, 0.3) is 0 Å². The van der Waals surface area contributed by atoms with Gasteiger partial charge in [0.1, 0.15) is 12.1 Å². The van der Waals surface area contributed by atoms with Crippen LogP contribution in [-0.2, 0) is 19.2 Å². The molecule has 0 aliphatic carbocycles. The largest absolute Gasteiger partial charge is 0.480 e. The van der Waals surface area contributed by atoms with Gasteiger partial charge in [0.2, 0.25) is 17.7 Å². The maximum Gasteiger partial charge on any atom is 0.328 e. The van der Waals surface area contributed by atoms with E-state index < -0.39 is 47.9 Å². The van der Waals surface area contributed by atoms with Crippen LogP contribution in [0.5, 0.6) is 0 Å². The molecule has 0 aromatic rings. The van der Waals surface area contributed by atoms with Gasteiger partial charge in [0.15, 0.2) is 6.04 Å². The Labute approximate surface area is 152 Å². The SMILES string of the molecule is CC(C)C(NC(=O)CN)C(=O)N1CCCC1C(=O)NC(C(=O)O)C(C)O. The zero-order chi connectivity index (χ0) is 20.0. The van der Waals surface area contributed by atoms with Crippen LogP contribution >= 0.6 is 0 Å². The molecule has 0 aromatic carbocycles. The van der Waals surface area contributed by atoms with Crippen LogP contribution in [0.4, 0.5) is 0 Å². The van der Waals surface area contributed by atoms with Gasteiger partial charge in [-0.3, -0.25) is 14.4 Å². The van der Waals surface area contributed by atoms with Gasteiger partial charge in [0, 0.05) is 6.54 Å². The summed E-state index contributed by atoms with van der Waals surface area (Å²) in [5.74, 6) is -3.11. The van der Waals surface area contributed by atoms with Crippen molar-refractivity contribution in [2.75, 3.05) is 13.1 Å².